The molecule has 2 aromatic heterocycles. The van der Waals surface area contributed by atoms with Gasteiger partial charge in [-0.15, -0.1) is 11.3 Å². The van der Waals surface area contributed by atoms with Crippen molar-refractivity contribution in [3.8, 4) is 0 Å². The average molecular weight is 335 g/mol. The van der Waals surface area contributed by atoms with Gasteiger partial charge in [-0.1, -0.05) is 22.8 Å². The van der Waals surface area contributed by atoms with E-state index in [9.17, 15) is 13.2 Å². The van der Waals surface area contributed by atoms with E-state index in [1.807, 2.05) is 17.5 Å². The van der Waals surface area contributed by atoms with Crippen LogP contribution >= 0.6 is 22.9 Å². The second kappa shape index (κ2) is 6.44. The number of oxime groups is 1. The van der Waals surface area contributed by atoms with Crippen LogP contribution in [-0.4, -0.2) is 18.3 Å². The lowest BCUT2D eigenvalue weighted by Crippen LogP contribution is -2.09. The molecule has 0 amide bonds. The third kappa shape index (κ3) is 3.74. The molecule has 0 fully saturated rings. The molecule has 0 aromatic carbocycles. The highest BCUT2D eigenvalue weighted by Gasteiger charge is 2.32. The summed E-state index contributed by atoms with van der Waals surface area (Å²) in [6.45, 7) is 0. The summed E-state index contributed by atoms with van der Waals surface area (Å²) in [7, 11) is 1.38. The van der Waals surface area contributed by atoms with Crippen molar-refractivity contribution in [1.82, 2.24) is 4.98 Å². The Balaban J connectivity index is 2.44. The zero-order valence-corrected chi connectivity index (χ0v) is 12.3. The molecule has 0 saturated carbocycles. The summed E-state index contributed by atoms with van der Waals surface area (Å²) in [5.41, 5.74) is -0.585. The van der Waals surface area contributed by atoms with E-state index < -0.39 is 17.7 Å². The lowest BCUT2D eigenvalue weighted by molar-refractivity contribution is -0.137. The Morgan fingerprint density at radius 1 is 1.48 bits per heavy atom. The van der Waals surface area contributed by atoms with Gasteiger partial charge >= 0.3 is 6.18 Å². The average Bonchev–Trinajstić information content (AvgIpc) is 2.93. The van der Waals surface area contributed by atoms with Crippen molar-refractivity contribution >= 4 is 29.2 Å². The van der Waals surface area contributed by atoms with Crippen LogP contribution in [0.2, 0.25) is 5.02 Å². The summed E-state index contributed by atoms with van der Waals surface area (Å²) < 4.78 is 37.9. The quantitative estimate of drug-likeness (QED) is 0.606. The number of hydrogen-bond acceptors (Lipinski definition) is 4. The minimum atomic E-state index is -4.48. The number of pyridine rings is 1. The van der Waals surface area contributed by atoms with Crippen molar-refractivity contribution in [2.75, 3.05) is 7.11 Å². The van der Waals surface area contributed by atoms with Crippen LogP contribution in [0.5, 0.6) is 0 Å². The standard InChI is InChI=1S/C13H10ClF3N2OS/c1-20-19-7-9(11-3-2-4-21-11)12-10(14)5-8(6-18-12)13(15,16)17/h2-7,9H,1H3/b19-7+. The second-order valence-corrected chi connectivity index (χ2v) is 5.41. The number of nitrogens with zero attached hydrogens (tertiary/aromatic N) is 2. The fourth-order valence-corrected chi connectivity index (χ4v) is 2.78. The molecular formula is C13H10ClF3N2OS. The van der Waals surface area contributed by atoms with E-state index in [0.717, 1.165) is 17.1 Å². The zero-order chi connectivity index (χ0) is 15.5. The molecule has 112 valence electrons. The maximum absolute atomic E-state index is 12.6. The Kier molecular flexibility index (Phi) is 4.84. The molecule has 1 atom stereocenters. The Morgan fingerprint density at radius 3 is 2.76 bits per heavy atom. The van der Waals surface area contributed by atoms with Gasteiger partial charge in [0.15, 0.2) is 0 Å². The van der Waals surface area contributed by atoms with Gasteiger partial charge in [-0.2, -0.15) is 13.2 Å². The molecule has 1 unspecified atom stereocenters. The smallest absolute Gasteiger partial charge is 0.399 e. The van der Waals surface area contributed by atoms with Gasteiger partial charge in [-0.3, -0.25) is 4.98 Å². The maximum atomic E-state index is 12.6. The lowest BCUT2D eigenvalue weighted by atomic mass is 10.0. The number of thiophene rings is 1. The van der Waals surface area contributed by atoms with Crippen LogP contribution in [0.25, 0.3) is 0 Å². The van der Waals surface area contributed by atoms with Crippen molar-refractivity contribution < 1.29 is 18.0 Å². The highest BCUT2D eigenvalue weighted by molar-refractivity contribution is 7.10. The predicted molar refractivity (Wildman–Crippen MR) is 75.9 cm³/mol. The first-order chi connectivity index (χ1) is 9.93. The molecule has 0 saturated heterocycles. The molecule has 0 N–H and O–H groups in total. The maximum Gasteiger partial charge on any atom is 0.417 e. The third-order valence-corrected chi connectivity index (χ3v) is 3.91. The van der Waals surface area contributed by atoms with Gasteiger partial charge in [-0.25, -0.2) is 0 Å². The number of aromatic nitrogens is 1. The molecule has 8 heteroatoms. The van der Waals surface area contributed by atoms with Crippen LogP contribution in [0.15, 0.2) is 34.9 Å². The minimum Gasteiger partial charge on any atom is -0.399 e. The van der Waals surface area contributed by atoms with Crippen molar-refractivity contribution in [1.29, 1.82) is 0 Å². The fraction of sp³-hybridized carbons (Fsp3) is 0.231. The van der Waals surface area contributed by atoms with Crippen molar-refractivity contribution in [2.24, 2.45) is 5.16 Å². The van der Waals surface area contributed by atoms with E-state index in [1.54, 1.807) is 0 Å². The first-order valence-corrected chi connectivity index (χ1v) is 7.02. The molecule has 2 heterocycles. The predicted octanol–water partition coefficient (Wildman–Crippen LogP) is 4.58. The van der Waals surface area contributed by atoms with Crippen LogP contribution in [0.1, 0.15) is 22.1 Å². The van der Waals surface area contributed by atoms with Crippen LogP contribution in [0, 0.1) is 0 Å². The highest BCUT2D eigenvalue weighted by Crippen LogP contribution is 2.35. The Labute approximate surface area is 128 Å². The molecule has 3 nitrogen and oxygen atoms in total. The van der Waals surface area contributed by atoms with Crippen LogP contribution in [-0.2, 0) is 11.0 Å². The van der Waals surface area contributed by atoms with Crippen molar-refractivity contribution in [3.63, 3.8) is 0 Å². The first-order valence-electron chi connectivity index (χ1n) is 5.76. The molecular weight excluding hydrogens is 325 g/mol. The van der Waals surface area contributed by atoms with Crippen LogP contribution in [0.3, 0.4) is 0 Å². The van der Waals surface area contributed by atoms with Gasteiger partial charge in [0.2, 0.25) is 0 Å². The fourth-order valence-electron chi connectivity index (χ4n) is 1.70. The largest absolute Gasteiger partial charge is 0.417 e. The SMILES string of the molecule is CO/N=C/C(c1cccs1)c1ncc(C(F)(F)F)cc1Cl. The van der Waals surface area contributed by atoms with Gasteiger partial charge in [0.25, 0.3) is 0 Å². The van der Waals surface area contributed by atoms with E-state index in [0.29, 0.717) is 5.69 Å². The summed E-state index contributed by atoms with van der Waals surface area (Å²) in [6.07, 6.45) is -2.26. The van der Waals surface area contributed by atoms with E-state index in [1.165, 1.54) is 24.7 Å². The van der Waals surface area contributed by atoms with Crippen LogP contribution in [0.4, 0.5) is 13.2 Å². The van der Waals surface area contributed by atoms with Crippen molar-refractivity contribution in [3.05, 3.63) is 50.9 Å². The molecule has 0 bridgehead atoms. The molecule has 0 radical (unpaired) electrons. The normalized spacial score (nSPS) is 13.6. The third-order valence-electron chi connectivity index (χ3n) is 2.66. The highest BCUT2D eigenvalue weighted by atomic mass is 35.5. The molecule has 2 rings (SSSR count). The lowest BCUT2D eigenvalue weighted by Gasteiger charge is -2.13. The van der Waals surface area contributed by atoms with Gasteiger partial charge in [0.05, 0.1) is 28.4 Å². The van der Waals surface area contributed by atoms with E-state index in [4.69, 9.17) is 11.6 Å². The van der Waals surface area contributed by atoms with Gasteiger partial charge in [-0.05, 0) is 17.5 Å². The van der Waals surface area contributed by atoms with Gasteiger partial charge in [0.1, 0.15) is 7.11 Å². The molecule has 0 aliphatic carbocycles. The minimum absolute atomic E-state index is 0.0641. The molecule has 2 aromatic rings. The summed E-state index contributed by atoms with van der Waals surface area (Å²) in [4.78, 5) is 9.35. The zero-order valence-electron chi connectivity index (χ0n) is 10.8. The molecule has 0 aliphatic heterocycles. The molecule has 0 spiro atoms. The van der Waals surface area contributed by atoms with E-state index >= 15 is 0 Å². The number of hydrogen-bond donors (Lipinski definition) is 0. The topological polar surface area (TPSA) is 34.5 Å². The Bertz CT molecular complexity index is 629. The summed E-state index contributed by atoms with van der Waals surface area (Å²) in [6, 6.07) is 4.52. The van der Waals surface area contributed by atoms with E-state index in [-0.39, 0.29) is 5.02 Å². The summed E-state index contributed by atoms with van der Waals surface area (Å²) in [5.74, 6) is -0.459. The van der Waals surface area contributed by atoms with Gasteiger partial charge < -0.3 is 4.84 Å². The number of rotatable bonds is 4. The number of alkyl halides is 3. The monoisotopic (exact) mass is 334 g/mol. The summed E-state index contributed by atoms with van der Waals surface area (Å²) in [5, 5.41) is 5.46. The second-order valence-electron chi connectivity index (χ2n) is 4.02. The Morgan fingerprint density at radius 2 is 2.24 bits per heavy atom. The van der Waals surface area contributed by atoms with E-state index in [2.05, 4.69) is 15.0 Å². The number of halogens is 4. The van der Waals surface area contributed by atoms with Crippen LogP contribution < -0.4 is 0 Å². The Hall–Kier alpha value is -1.60. The molecule has 0 aliphatic rings. The molecule has 21 heavy (non-hydrogen) atoms. The first kappa shape index (κ1) is 15.8. The van der Waals surface area contributed by atoms with Crippen molar-refractivity contribution in [2.45, 2.75) is 12.1 Å². The van der Waals surface area contributed by atoms with Gasteiger partial charge in [0, 0.05) is 11.1 Å². The summed E-state index contributed by atoms with van der Waals surface area (Å²) >= 11 is 7.39.